The highest BCUT2D eigenvalue weighted by atomic mass is 15.2. The van der Waals surface area contributed by atoms with Crippen LogP contribution >= 0.6 is 0 Å². The zero-order valence-electron chi connectivity index (χ0n) is 12.0. The van der Waals surface area contributed by atoms with E-state index < -0.39 is 0 Å². The molecule has 1 fully saturated rings. The van der Waals surface area contributed by atoms with Crippen LogP contribution in [0.1, 0.15) is 72.1 Å². The standard InChI is InChI=1S/C12H22N2.C3H8/c1-12-8-7-11-14(12)10-6-4-2-3-5-9-13;1-3-2/h12H,2-8,10-11H2,1H3;3H2,1-2H3. The van der Waals surface area contributed by atoms with E-state index in [0.29, 0.717) is 0 Å². The van der Waals surface area contributed by atoms with Crippen molar-refractivity contribution in [2.75, 3.05) is 13.1 Å². The molecule has 1 unspecified atom stereocenters. The van der Waals surface area contributed by atoms with Gasteiger partial charge in [0.2, 0.25) is 0 Å². The van der Waals surface area contributed by atoms with Gasteiger partial charge in [-0.2, -0.15) is 5.26 Å². The monoisotopic (exact) mass is 238 g/mol. The second kappa shape index (κ2) is 11.9. The summed E-state index contributed by atoms with van der Waals surface area (Å²) in [6.07, 6.45) is 9.69. The van der Waals surface area contributed by atoms with Gasteiger partial charge in [0, 0.05) is 12.5 Å². The van der Waals surface area contributed by atoms with E-state index in [2.05, 4.69) is 31.7 Å². The Labute approximate surface area is 108 Å². The number of likely N-dealkylation sites (tertiary alicyclic amines) is 1. The Morgan fingerprint density at radius 1 is 1.18 bits per heavy atom. The molecular weight excluding hydrogens is 208 g/mol. The molecule has 0 spiro atoms. The Morgan fingerprint density at radius 2 is 1.82 bits per heavy atom. The van der Waals surface area contributed by atoms with Crippen LogP contribution < -0.4 is 0 Å². The van der Waals surface area contributed by atoms with Crippen molar-refractivity contribution in [3.05, 3.63) is 0 Å². The molecule has 0 amide bonds. The van der Waals surface area contributed by atoms with Crippen LogP contribution in [0.5, 0.6) is 0 Å². The van der Waals surface area contributed by atoms with Gasteiger partial charge in [-0.25, -0.2) is 0 Å². The molecule has 0 aliphatic carbocycles. The second-order valence-corrected chi connectivity index (χ2v) is 5.06. The van der Waals surface area contributed by atoms with Crippen molar-refractivity contribution in [2.24, 2.45) is 0 Å². The summed E-state index contributed by atoms with van der Waals surface area (Å²) in [6.45, 7) is 9.16. The van der Waals surface area contributed by atoms with Crippen molar-refractivity contribution in [1.82, 2.24) is 4.90 Å². The molecule has 1 atom stereocenters. The lowest BCUT2D eigenvalue weighted by Gasteiger charge is -2.20. The van der Waals surface area contributed by atoms with Crippen molar-refractivity contribution < 1.29 is 0 Å². The Balaban J connectivity index is 0.000000770. The first-order valence-corrected chi connectivity index (χ1v) is 7.37. The molecule has 0 radical (unpaired) electrons. The lowest BCUT2D eigenvalue weighted by molar-refractivity contribution is 0.262. The average Bonchev–Trinajstić information content (AvgIpc) is 2.71. The van der Waals surface area contributed by atoms with Gasteiger partial charge in [-0.1, -0.05) is 33.1 Å². The highest BCUT2D eigenvalue weighted by Crippen LogP contribution is 2.17. The zero-order valence-corrected chi connectivity index (χ0v) is 12.0. The van der Waals surface area contributed by atoms with Crippen LogP contribution in [0.3, 0.4) is 0 Å². The molecule has 1 aliphatic rings. The minimum Gasteiger partial charge on any atom is -0.301 e. The van der Waals surface area contributed by atoms with Gasteiger partial charge in [-0.15, -0.1) is 0 Å². The molecule has 0 aromatic rings. The predicted octanol–water partition coefficient (Wildman–Crippen LogP) is 4.36. The second-order valence-electron chi connectivity index (χ2n) is 5.06. The smallest absolute Gasteiger partial charge is 0.0621 e. The van der Waals surface area contributed by atoms with E-state index >= 15 is 0 Å². The third-order valence-electron chi connectivity index (χ3n) is 3.17. The van der Waals surface area contributed by atoms with Gasteiger partial charge in [0.05, 0.1) is 6.07 Å². The van der Waals surface area contributed by atoms with Gasteiger partial charge < -0.3 is 4.90 Å². The van der Waals surface area contributed by atoms with E-state index in [9.17, 15) is 0 Å². The molecular formula is C15H30N2. The van der Waals surface area contributed by atoms with Gasteiger partial charge in [0.15, 0.2) is 0 Å². The molecule has 2 nitrogen and oxygen atoms in total. The summed E-state index contributed by atoms with van der Waals surface area (Å²) < 4.78 is 0. The summed E-state index contributed by atoms with van der Waals surface area (Å²) in [5.41, 5.74) is 0. The third kappa shape index (κ3) is 9.18. The Bertz CT molecular complexity index is 196. The van der Waals surface area contributed by atoms with Crippen LogP contribution in [0.15, 0.2) is 0 Å². The summed E-state index contributed by atoms with van der Waals surface area (Å²) in [4.78, 5) is 2.60. The first-order valence-electron chi connectivity index (χ1n) is 7.37. The van der Waals surface area contributed by atoms with Crippen molar-refractivity contribution in [3.8, 4) is 6.07 Å². The lowest BCUT2D eigenvalue weighted by Crippen LogP contribution is -2.27. The molecule has 1 saturated heterocycles. The Morgan fingerprint density at radius 3 is 2.35 bits per heavy atom. The maximum Gasteiger partial charge on any atom is 0.0621 e. The molecule has 17 heavy (non-hydrogen) atoms. The Hall–Kier alpha value is -0.550. The van der Waals surface area contributed by atoms with E-state index in [1.165, 1.54) is 51.6 Å². The molecule has 1 heterocycles. The van der Waals surface area contributed by atoms with Gasteiger partial charge in [0.1, 0.15) is 0 Å². The summed E-state index contributed by atoms with van der Waals surface area (Å²) >= 11 is 0. The van der Waals surface area contributed by atoms with Gasteiger partial charge >= 0.3 is 0 Å². The number of unbranched alkanes of at least 4 members (excludes halogenated alkanes) is 4. The summed E-state index contributed by atoms with van der Waals surface area (Å²) in [5.74, 6) is 0. The molecule has 0 aromatic carbocycles. The fourth-order valence-corrected chi connectivity index (χ4v) is 2.20. The molecule has 0 bridgehead atoms. The van der Waals surface area contributed by atoms with Crippen LogP contribution in [0.4, 0.5) is 0 Å². The van der Waals surface area contributed by atoms with Crippen molar-refractivity contribution in [1.29, 1.82) is 5.26 Å². The highest BCUT2D eigenvalue weighted by Gasteiger charge is 2.18. The summed E-state index contributed by atoms with van der Waals surface area (Å²) in [7, 11) is 0. The van der Waals surface area contributed by atoms with E-state index in [0.717, 1.165) is 18.9 Å². The van der Waals surface area contributed by atoms with E-state index in [4.69, 9.17) is 5.26 Å². The third-order valence-corrected chi connectivity index (χ3v) is 3.17. The molecule has 1 rings (SSSR count). The summed E-state index contributed by atoms with van der Waals surface area (Å²) in [6, 6.07) is 3.01. The number of hydrogen-bond donors (Lipinski definition) is 0. The first kappa shape index (κ1) is 16.4. The van der Waals surface area contributed by atoms with Gasteiger partial charge in [-0.3, -0.25) is 0 Å². The normalized spacial score (nSPS) is 19.5. The van der Waals surface area contributed by atoms with Crippen LogP contribution in [0.2, 0.25) is 0 Å². The van der Waals surface area contributed by atoms with Crippen molar-refractivity contribution in [3.63, 3.8) is 0 Å². The van der Waals surface area contributed by atoms with E-state index in [1.807, 2.05) is 0 Å². The zero-order chi connectivity index (χ0) is 12.9. The molecule has 1 aliphatic heterocycles. The van der Waals surface area contributed by atoms with E-state index in [1.54, 1.807) is 0 Å². The van der Waals surface area contributed by atoms with Crippen LogP contribution in [0, 0.1) is 11.3 Å². The Kier molecular flexibility index (Phi) is 11.5. The van der Waals surface area contributed by atoms with E-state index in [-0.39, 0.29) is 0 Å². The predicted molar refractivity (Wildman–Crippen MR) is 74.9 cm³/mol. The van der Waals surface area contributed by atoms with Gasteiger partial charge in [0.25, 0.3) is 0 Å². The number of hydrogen-bond acceptors (Lipinski definition) is 2. The lowest BCUT2D eigenvalue weighted by atomic mass is 10.1. The largest absolute Gasteiger partial charge is 0.301 e. The maximum absolute atomic E-state index is 8.37. The van der Waals surface area contributed by atoms with Crippen LogP contribution in [0.25, 0.3) is 0 Å². The van der Waals surface area contributed by atoms with Crippen LogP contribution in [-0.2, 0) is 0 Å². The topological polar surface area (TPSA) is 27.0 Å². The SMILES string of the molecule is CC1CCCN1CCCCCCC#N.CCC. The molecule has 2 heteroatoms. The minimum atomic E-state index is 0.736. The molecule has 0 N–H and O–H groups in total. The maximum atomic E-state index is 8.37. The average molecular weight is 238 g/mol. The minimum absolute atomic E-state index is 0.736. The first-order chi connectivity index (χ1) is 8.26. The molecule has 0 saturated carbocycles. The number of rotatable bonds is 6. The molecule has 100 valence electrons. The molecule has 0 aromatic heterocycles. The number of nitrogens with zero attached hydrogens (tertiary/aromatic N) is 2. The van der Waals surface area contributed by atoms with Crippen LogP contribution in [-0.4, -0.2) is 24.0 Å². The summed E-state index contributed by atoms with van der Waals surface area (Å²) in [5, 5.41) is 8.37. The number of nitriles is 1. The fourth-order valence-electron chi connectivity index (χ4n) is 2.20. The van der Waals surface area contributed by atoms with Gasteiger partial charge in [-0.05, 0) is 45.7 Å². The highest BCUT2D eigenvalue weighted by molar-refractivity contribution is 4.74. The van der Waals surface area contributed by atoms with Crippen molar-refractivity contribution in [2.45, 2.75) is 78.2 Å². The van der Waals surface area contributed by atoms with Crippen molar-refractivity contribution >= 4 is 0 Å². The fraction of sp³-hybridized carbons (Fsp3) is 0.933. The quantitative estimate of drug-likeness (QED) is 0.643.